The highest BCUT2D eigenvalue weighted by Crippen LogP contribution is 2.37. The third kappa shape index (κ3) is 5.57. The second kappa shape index (κ2) is 9.87. The minimum atomic E-state index is -3.03. The number of alkyl halides is 2. The molecule has 10 heteroatoms. The maximum absolute atomic E-state index is 13.1. The van der Waals surface area contributed by atoms with Crippen LogP contribution in [0.4, 0.5) is 8.78 Å². The summed E-state index contributed by atoms with van der Waals surface area (Å²) >= 11 is 12.2. The highest BCUT2D eigenvalue weighted by Gasteiger charge is 2.42. The van der Waals surface area contributed by atoms with Crippen LogP contribution in [0.15, 0.2) is 48.2 Å². The summed E-state index contributed by atoms with van der Waals surface area (Å²) in [6, 6.07) is 0. The number of aromatic nitrogens is 1. The van der Waals surface area contributed by atoms with Crippen LogP contribution >= 0.6 is 23.2 Å². The molecule has 0 radical (unpaired) electrons. The molecule has 0 atom stereocenters. The van der Waals surface area contributed by atoms with Crippen molar-refractivity contribution in [2.45, 2.75) is 31.7 Å². The number of allylic oxidation sites excluding steroid dienone is 3. The zero-order chi connectivity index (χ0) is 21.7. The van der Waals surface area contributed by atoms with Gasteiger partial charge in [0, 0.05) is 37.2 Å². The SMILES string of the molecule is C=C(/C=C\C(C(=O)Cc1c(Cl)cncc1Cl)=C1/COC2(CCOCC2)O1)OC(F)F. The second-order valence-corrected chi connectivity index (χ2v) is 7.42. The summed E-state index contributed by atoms with van der Waals surface area (Å²) in [6.07, 6.45) is 6.10. The number of carbonyl (C=O) groups excluding carboxylic acids is 1. The van der Waals surface area contributed by atoms with Gasteiger partial charge in [-0.15, -0.1) is 0 Å². The van der Waals surface area contributed by atoms with Gasteiger partial charge in [-0.25, -0.2) is 0 Å². The Balaban J connectivity index is 1.88. The predicted octanol–water partition coefficient (Wildman–Crippen LogP) is 4.62. The number of pyridine rings is 1. The fourth-order valence-electron chi connectivity index (χ4n) is 3.08. The molecule has 0 aliphatic carbocycles. The molecule has 1 spiro atoms. The van der Waals surface area contributed by atoms with Gasteiger partial charge in [0.1, 0.15) is 18.1 Å². The van der Waals surface area contributed by atoms with E-state index >= 15 is 0 Å². The van der Waals surface area contributed by atoms with Crippen LogP contribution < -0.4 is 0 Å². The van der Waals surface area contributed by atoms with Crippen molar-refractivity contribution < 1.29 is 32.5 Å². The zero-order valence-electron chi connectivity index (χ0n) is 15.8. The molecule has 3 heterocycles. The van der Waals surface area contributed by atoms with Crippen molar-refractivity contribution in [3.63, 3.8) is 0 Å². The van der Waals surface area contributed by atoms with Crippen molar-refractivity contribution in [2.24, 2.45) is 0 Å². The van der Waals surface area contributed by atoms with Crippen LogP contribution in [0.3, 0.4) is 0 Å². The van der Waals surface area contributed by atoms with E-state index in [2.05, 4.69) is 16.3 Å². The summed E-state index contributed by atoms with van der Waals surface area (Å²) in [4.78, 5) is 16.9. The number of hydrogen-bond acceptors (Lipinski definition) is 6. The molecule has 0 aromatic carbocycles. The van der Waals surface area contributed by atoms with Gasteiger partial charge in [0.2, 0.25) is 5.79 Å². The molecule has 1 aromatic heterocycles. The topological polar surface area (TPSA) is 66.9 Å². The van der Waals surface area contributed by atoms with Gasteiger partial charge in [0.05, 0.1) is 28.8 Å². The molecule has 6 nitrogen and oxygen atoms in total. The molecule has 1 aromatic rings. The smallest absolute Gasteiger partial charge is 0.387 e. The van der Waals surface area contributed by atoms with Crippen LogP contribution in [0.25, 0.3) is 0 Å². The van der Waals surface area contributed by atoms with E-state index in [9.17, 15) is 13.6 Å². The minimum Gasteiger partial charge on any atom is -0.463 e. The van der Waals surface area contributed by atoms with Crippen LogP contribution in [0.2, 0.25) is 10.0 Å². The molecule has 2 aliphatic rings. The molecule has 0 bridgehead atoms. The first-order valence-electron chi connectivity index (χ1n) is 9.06. The number of Topliss-reactive ketones (excluding diaryl/α,β-unsaturated/α-hetero) is 1. The zero-order valence-corrected chi connectivity index (χ0v) is 17.3. The molecular weight excluding hydrogens is 443 g/mol. The first-order valence-corrected chi connectivity index (χ1v) is 9.82. The molecule has 2 fully saturated rings. The largest absolute Gasteiger partial charge is 0.463 e. The fourth-order valence-corrected chi connectivity index (χ4v) is 3.57. The van der Waals surface area contributed by atoms with E-state index in [4.69, 9.17) is 37.4 Å². The maximum Gasteiger partial charge on any atom is 0.387 e. The number of halogens is 4. The van der Waals surface area contributed by atoms with Gasteiger partial charge in [0.25, 0.3) is 0 Å². The first-order chi connectivity index (χ1) is 14.3. The molecule has 2 aliphatic heterocycles. The summed E-state index contributed by atoms with van der Waals surface area (Å²) in [7, 11) is 0. The molecule has 0 unspecified atom stereocenters. The number of nitrogens with zero attached hydrogens (tertiary/aromatic N) is 1. The van der Waals surface area contributed by atoms with E-state index < -0.39 is 18.2 Å². The molecule has 2 saturated heterocycles. The number of hydrogen-bond donors (Lipinski definition) is 0. The van der Waals surface area contributed by atoms with Crippen molar-refractivity contribution in [2.75, 3.05) is 19.8 Å². The Kier molecular flexibility index (Phi) is 7.46. The summed E-state index contributed by atoms with van der Waals surface area (Å²) in [5.41, 5.74) is 0.522. The third-order valence-electron chi connectivity index (χ3n) is 4.60. The third-order valence-corrected chi connectivity index (χ3v) is 5.25. The Hall–Kier alpha value is -2.00. The Labute approximate surface area is 182 Å². The van der Waals surface area contributed by atoms with Gasteiger partial charge >= 0.3 is 6.61 Å². The van der Waals surface area contributed by atoms with Crippen molar-refractivity contribution in [1.82, 2.24) is 4.98 Å². The lowest BCUT2D eigenvalue weighted by atomic mass is 10.0. The normalized spacial score (nSPS) is 19.9. The Morgan fingerprint density at radius 2 is 1.93 bits per heavy atom. The number of carbonyl (C=O) groups is 1. The van der Waals surface area contributed by atoms with E-state index in [-0.39, 0.29) is 40.2 Å². The molecule has 30 heavy (non-hydrogen) atoms. The second-order valence-electron chi connectivity index (χ2n) is 6.61. The summed E-state index contributed by atoms with van der Waals surface area (Å²) in [6.45, 7) is 1.34. The monoisotopic (exact) mass is 461 g/mol. The molecule has 0 N–H and O–H groups in total. The molecular formula is C20H19Cl2F2NO5. The average Bonchev–Trinajstić information content (AvgIpc) is 3.08. The van der Waals surface area contributed by atoms with E-state index in [1.807, 2.05) is 0 Å². The molecule has 0 saturated carbocycles. The lowest BCUT2D eigenvalue weighted by Gasteiger charge is -2.31. The van der Waals surface area contributed by atoms with Crippen LogP contribution in [-0.2, 0) is 30.2 Å². The minimum absolute atomic E-state index is 0.0470. The van der Waals surface area contributed by atoms with Crippen LogP contribution in [0.5, 0.6) is 0 Å². The number of ether oxygens (including phenoxy) is 4. The van der Waals surface area contributed by atoms with Crippen LogP contribution in [0.1, 0.15) is 18.4 Å². The van der Waals surface area contributed by atoms with Gasteiger partial charge in [-0.3, -0.25) is 9.78 Å². The van der Waals surface area contributed by atoms with Crippen molar-refractivity contribution in [1.29, 1.82) is 0 Å². The molecule has 162 valence electrons. The van der Waals surface area contributed by atoms with E-state index in [1.165, 1.54) is 24.5 Å². The maximum atomic E-state index is 13.1. The first kappa shape index (κ1) is 22.7. The standard InChI is InChI=1S/C20H19Cl2F2NO5/c1-12(29-19(23)24)2-3-13(17(26)8-14-15(21)9-25-10-16(14)22)18-11-28-20(30-18)4-6-27-7-5-20/h2-3,9-10,19H,1,4-8,11H2/b3-2-,18-13-. The summed E-state index contributed by atoms with van der Waals surface area (Å²) in [5, 5.41) is 0.471. The van der Waals surface area contributed by atoms with Gasteiger partial charge in [0.15, 0.2) is 5.78 Å². The number of ketones is 1. The fraction of sp³-hybridized carbons (Fsp3) is 0.400. The van der Waals surface area contributed by atoms with E-state index in [0.717, 1.165) is 0 Å². The summed E-state index contributed by atoms with van der Waals surface area (Å²) in [5.74, 6) is -1.29. The lowest BCUT2D eigenvalue weighted by molar-refractivity contribution is -0.195. The highest BCUT2D eigenvalue weighted by atomic mass is 35.5. The quantitative estimate of drug-likeness (QED) is 0.335. The van der Waals surface area contributed by atoms with Crippen molar-refractivity contribution in [3.8, 4) is 0 Å². The molecule has 0 amide bonds. The average molecular weight is 462 g/mol. The lowest BCUT2D eigenvalue weighted by Crippen LogP contribution is -2.37. The van der Waals surface area contributed by atoms with Gasteiger partial charge in [-0.2, -0.15) is 8.78 Å². The summed E-state index contributed by atoms with van der Waals surface area (Å²) < 4.78 is 46.1. The van der Waals surface area contributed by atoms with Crippen LogP contribution in [0, 0.1) is 0 Å². The Morgan fingerprint density at radius 3 is 2.57 bits per heavy atom. The van der Waals surface area contributed by atoms with Gasteiger partial charge in [-0.1, -0.05) is 29.8 Å². The highest BCUT2D eigenvalue weighted by molar-refractivity contribution is 6.36. The van der Waals surface area contributed by atoms with E-state index in [1.54, 1.807) is 0 Å². The van der Waals surface area contributed by atoms with E-state index in [0.29, 0.717) is 31.6 Å². The van der Waals surface area contributed by atoms with Crippen molar-refractivity contribution in [3.05, 3.63) is 63.8 Å². The molecule has 3 rings (SSSR count). The number of rotatable bonds is 7. The Morgan fingerprint density at radius 1 is 1.27 bits per heavy atom. The predicted molar refractivity (Wildman–Crippen MR) is 105 cm³/mol. The van der Waals surface area contributed by atoms with Crippen molar-refractivity contribution >= 4 is 29.0 Å². The Bertz CT molecular complexity index is 862. The van der Waals surface area contributed by atoms with Gasteiger partial charge < -0.3 is 18.9 Å². The van der Waals surface area contributed by atoms with Gasteiger partial charge in [-0.05, 0) is 12.2 Å². The van der Waals surface area contributed by atoms with Crippen LogP contribution in [-0.4, -0.2) is 43.0 Å².